The average molecular weight is 284 g/mol. The van der Waals surface area contributed by atoms with Crippen molar-refractivity contribution in [3.63, 3.8) is 0 Å². The van der Waals surface area contributed by atoms with Crippen molar-refractivity contribution in [3.05, 3.63) is 47.8 Å². The van der Waals surface area contributed by atoms with E-state index in [0.29, 0.717) is 34.0 Å². The second-order valence-electron chi connectivity index (χ2n) is 4.74. The highest BCUT2D eigenvalue weighted by Gasteiger charge is 2.12. The van der Waals surface area contributed by atoms with Gasteiger partial charge in [0.05, 0.1) is 5.69 Å². The van der Waals surface area contributed by atoms with E-state index in [1.165, 1.54) is 10.7 Å². The van der Waals surface area contributed by atoms with Crippen molar-refractivity contribution < 1.29 is 4.39 Å². The number of tetrazole rings is 1. The molecule has 0 saturated carbocycles. The maximum Gasteiger partial charge on any atom is 0.187 e. The molecule has 4 N–H and O–H groups in total. The van der Waals surface area contributed by atoms with E-state index >= 15 is 0 Å². The van der Waals surface area contributed by atoms with Crippen molar-refractivity contribution >= 4 is 11.4 Å². The van der Waals surface area contributed by atoms with Crippen LogP contribution < -0.4 is 11.5 Å². The van der Waals surface area contributed by atoms with Gasteiger partial charge in [-0.1, -0.05) is 0 Å². The number of aryl methyl sites for hydroxylation is 1. The minimum absolute atomic E-state index is 0.276. The smallest absolute Gasteiger partial charge is 0.187 e. The van der Waals surface area contributed by atoms with Gasteiger partial charge >= 0.3 is 0 Å². The van der Waals surface area contributed by atoms with E-state index in [0.717, 1.165) is 0 Å². The zero-order chi connectivity index (χ0) is 15.0. The molecule has 3 rings (SSSR count). The van der Waals surface area contributed by atoms with Gasteiger partial charge in [0.2, 0.25) is 0 Å². The molecule has 0 aliphatic rings. The van der Waals surface area contributed by atoms with E-state index in [4.69, 9.17) is 11.5 Å². The zero-order valence-corrected chi connectivity index (χ0v) is 11.3. The Bertz CT molecular complexity index is 791. The van der Waals surface area contributed by atoms with E-state index in [2.05, 4.69) is 15.5 Å². The van der Waals surface area contributed by atoms with Crippen LogP contribution in [0.4, 0.5) is 15.8 Å². The molecule has 2 aromatic carbocycles. The average Bonchev–Trinajstić information content (AvgIpc) is 2.90. The van der Waals surface area contributed by atoms with Gasteiger partial charge in [0.25, 0.3) is 0 Å². The summed E-state index contributed by atoms with van der Waals surface area (Å²) in [5, 5.41) is 11.6. The van der Waals surface area contributed by atoms with Crippen molar-refractivity contribution in [1.82, 2.24) is 20.2 Å². The van der Waals surface area contributed by atoms with Crippen LogP contribution in [0.25, 0.3) is 17.1 Å². The topological polar surface area (TPSA) is 95.6 Å². The van der Waals surface area contributed by atoms with Crippen molar-refractivity contribution in [2.75, 3.05) is 11.5 Å². The Morgan fingerprint density at radius 2 is 1.76 bits per heavy atom. The van der Waals surface area contributed by atoms with Gasteiger partial charge in [0.15, 0.2) is 5.82 Å². The largest absolute Gasteiger partial charge is 0.399 e. The number of rotatable bonds is 2. The SMILES string of the molecule is Cc1cc(-n2nnnc2-c2cc(N)cc(N)c2)ccc1F. The van der Waals surface area contributed by atoms with Gasteiger partial charge in [-0.25, -0.2) is 4.39 Å². The van der Waals surface area contributed by atoms with Gasteiger partial charge in [-0.3, -0.25) is 0 Å². The van der Waals surface area contributed by atoms with Gasteiger partial charge < -0.3 is 11.5 Å². The van der Waals surface area contributed by atoms with Crippen molar-refractivity contribution in [2.24, 2.45) is 0 Å². The first-order chi connectivity index (χ1) is 10.0. The molecule has 0 spiro atoms. The summed E-state index contributed by atoms with van der Waals surface area (Å²) in [7, 11) is 0. The summed E-state index contributed by atoms with van der Waals surface area (Å²) < 4.78 is 14.9. The molecule has 0 aliphatic carbocycles. The number of halogens is 1. The Morgan fingerprint density at radius 1 is 1.05 bits per heavy atom. The fraction of sp³-hybridized carbons (Fsp3) is 0.0714. The molecule has 0 unspecified atom stereocenters. The number of nitrogens with zero attached hydrogens (tertiary/aromatic N) is 4. The summed E-state index contributed by atoms with van der Waals surface area (Å²) in [6.45, 7) is 1.68. The number of aromatic nitrogens is 4. The predicted octanol–water partition coefficient (Wildman–Crippen LogP) is 1.94. The number of anilines is 2. The van der Waals surface area contributed by atoms with E-state index in [-0.39, 0.29) is 5.82 Å². The lowest BCUT2D eigenvalue weighted by Gasteiger charge is -2.07. The summed E-state index contributed by atoms with van der Waals surface area (Å²) in [5.74, 6) is 0.210. The highest BCUT2D eigenvalue weighted by atomic mass is 19.1. The molecule has 6 nitrogen and oxygen atoms in total. The zero-order valence-electron chi connectivity index (χ0n) is 11.3. The molecule has 21 heavy (non-hydrogen) atoms. The molecule has 0 fully saturated rings. The molecule has 0 amide bonds. The van der Waals surface area contributed by atoms with E-state index in [1.807, 2.05) is 0 Å². The standard InChI is InChI=1S/C14H13FN6/c1-8-4-12(2-3-13(8)15)21-14(18-19-20-21)9-5-10(16)7-11(17)6-9/h2-7H,16-17H2,1H3. The number of hydrogen-bond acceptors (Lipinski definition) is 5. The van der Waals surface area contributed by atoms with Crippen LogP contribution in [0.3, 0.4) is 0 Å². The Balaban J connectivity index is 2.14. The molecule has 7 heteroatoms. The summed E-state index contributed by atoms with van der Waals surface area (Å²) in [5.41, 5.74) is 14.5. The lowest BCUT2D eigenvalue weighted by atomic mass is 10.1. The quantitative estimate of drug-likeness (QED) is 0.701. The van der Waals surface area contributed by atoms with E-state index in [9.17, 15) is 4.39 Å². The number of benzene rings is 2. The lowest BCUT2D eigenvalue weighted by molar-refractivity contribution is 0.617. The fourth-order valence-corrected chi connectivity index (χ4v) is 2.11. The molecule has 1 aromatic heterocycles. The molecular weight excluding hydrogens is 271 g/mol. The highest BCUT2D eigenvalue weighted by molar-refractivity contribution is 5.68. The summed E-state index contributed by atoms with van der Waals surface area (Å²) in [6.07, 6.45) is 0. The maximum atomic E-state index is 13.4. The molecular formula is C14H13FN6. The molecule has 0 atom stereocenters. The molecule has 3 aromatic rings. The van der Waals surface area contributed by atoms with Gasteiger partial charge in [-0.05, 0) is 59.3 Å². The fourth-order valence-electron chi connectivity index (χ4n) is 2.11. The predicted molar refractivity (Wildman–Crippen MR) is 78.1 cm³/mol. The summed E-state index contributed by atoms with van der Waals surface area (Å²) in [6, 6.07) is 9.77. The lowest BCUT2D eigenvalue weighted by Crippen LogP contribution is -2.02. The number of nitrogen functional groups attached to an aromatic ring is 2. The van der Waals surface area contributed by atoms with Crippen LogP contribution in [0.2, 0.25) is 0 Å². The van der Waals surface area contributed by atoms with Gasteiger partial charge in [-0.2, -0.15) is 4.68 Å². The third-order valence-corrected chi connectivity index (χ3v) is 3.09. The van der Waals surface area contributed by atoms with Gasteiger partial charge in [0, 0.05) is 16.9 Å². The maximum absolute atomic E-state index is 13.4. The normalized spacial score (nSPS) is 10.8. The highest BCUT2D eigenvalue weighted by Crippen LogP contribution is 2.25. The Hall–Kier alpha value is -2.96. The summed E-state index contributed by atoms with van der Waals surface area (Å²) >= 11 is 0. The second-order valence-corrected chi connectivity index (χ2v) is 4.74. The van der Waals surface area contributed by atoms with Crippen LogP contribution in [-0.4, -0.2) is 20.2 Å². The van der Waals surface area contributed by atoms with Gasteiger partial charge in [0.1, 0.15) is 5.82 Å². The van der Waals surface area contributed by atoms with E-state index < -0.39 is 0 Å². The van der Waals surface area contributed by atoms with Crippen molar-refractivity contribution in [1.29, 1.82) is 0 Å². The van der Waals surface area contributed by atoms with Crippen LogP contribution in [0.15, 0.2) is 36.4 Å². The monoisotopic (exact) mass is 284 g/mol. The molecule has 0 aliphatic heterocycles. The Morgan fingerprint density at radius 3 is 2.43 bits per heavy atom. The minimum atomic E-state index is -0.276. The first-order valence-corrected chi connectivity index (χ1v) is 6.26. The first kappa shape index (κ1) is 13.0. The third kappa shape index (κ3) is 2.40. The molecule has 0 saturated heterocycles. The van der Waals surface area contributed by atoms with Crippen LogP contribution >= 0.6 is 0 Å². The van der Waals surface area contributed by atoms with E-state index in [1.54, 1.807) is 37.3 Å². The van der Waals surface area contributed by atoms with Crippen molar-refractivity contribution in [3.8, 4) is 17.1 Å². The van der Waals surface area contributed by atoms with Crippen LogP contribution in [0, 0.1) is 12.7 Å². The Kier molecular flexibility index (Phi) is 3.02. The second kappa shape index (κ2) is 4.86. The minimum Gasteiger partial charge on any atom is -0.399 e. The van der Waals surface area contributed by atoms with Gasteiger partial charge in [-0.15, -0.1) is 5.10 Å². The summed E-state index contributed by atoms with van der Waals surface area (Å²) in [4.78, 5) is 0. The molecule has 106 valence electrons. The molecule has 0 bridgehead atoms. The first-order valence-electron chi connectivity index (χ1n) is 6.26. The van der Waals surface area contributed by atoms with Crippen LogP contribution in [0.1, 0.15) is 5.56 Å². The molecule has 1 heterocycles. The Labute approximate surface area is 120 Å². The molecule has 0 radical (unpaired) electrons. The number of nitrogens with two attached hydrogens (primary N) is 2. The third-order valence-electron chi connectivity index (χ3n) is 3.09. The number of hydrogen-bond donors (Lipinski definition) is 2. The van der Waals surface area contributed by atoms with Crippen molar-refractivity contribution in [2.45, 2.75) is 6.92 Å². The van der Waals surface area contributed by atoms with Crippen LogP contribution in [0.5, 0.6) is 0 Å². The van der Waals surface area contributed by atoms with Crippen LogP contribution in [-0.2, 0) is 0 Å².